The van der Waals surface area contributed by atoms with Gasteiger partial charge in [0, 0.05) is 18.5 Å². The molecule has 0 aliphatic rings. The Morgan fingerprint density at radius 2 is 1.67 bits per heavy atom. The Morgan fingerprint density at radius 3 is 2.36 bits per heavy atom. The van der Waals surface area contributed by atoms with Crippen LogP contribution in [0.1, 0.15) is 32.3 Å². The topological polar surface area (TPSA) is 115 Å². The molecule has 0 aliphatic heterocycles. The molecule has 10 heteroatoms. The minimum absolute atomic E-state index is 0.0558. The highest BCUT2D eigenvalue weighted by Gasteiger charge is 2.10. The first kappa shape index (κ1) is 25.3. The van der Waals surface area contributed by atoms with Crippen LogP contribution in [0.3, 0.4) is 0 Å². The molecule has 0 fully saturated rings. The molecule has 0 heterocycles. The van der Waals surface area contributed by atoms with Gasteiger partial charge in [-0.05, 0) is 61.9 Å². The van der Waals surface area contributed by atoms with Crippen molar-refractivity contribution in [3.8, 4) is 11.5 Å². The van der Waals surface area contributed by atoms with Gasteiger partial charge < -0.3 is 19.5 Å². The number of esters is 1. The maximum atomic E-state index is 12.9. The average molecular weight is 459 g/mol. The van der Waals surface area contributed by atoms with E-state index in [0.717, 1.165) is 0 Å². The molecule has 0 saturated heterocycles. The fourth-order valence-corrected chi connectivity index (χ4v) is 2.55. The van der Waals surface area contributed by atoms with Gasteiger partial charge in [-0.25, -0.2) is 14.6 Å². The van der Waals surface area contributed by atoms with Crippen LogP contribution in [0, 0.1) is 5.82 Å². The quantitative estimate of drug-likeness (QED) is 0.286. The van der Waals surface area contributed by atoms with Crippen LogP contribution in [-0.4, -0.2) is 43.8 Å². The number of ether oxygens (including phenoxy) is 3. The highest BCUT2D eigenvalue weighted by molar-refractivity contribution is 5.93. The van der Waals surface area contributed by atoms with Crippen molar-refractivity contribution in [2.24, 2.45) is 5.10 Å². The summed E-state index contributed by atoms with van der Waals surface area (Å²) in [5.41, 5.74) is 3.41. The SMILES string of the molecule is CCOC(=O)COc1ccc(C=NNC(=O)CCC(=O)Nc2ccc(F)cc2)cc1OCC. The monoisotopic (exact) mass is 459 g/mol. The third kappa shape index (κ3) is 9.38. The largest absolute Gasteiger partial charge is 0.490 e. The molecular weight excluding hydrogens is 433 g/mol. The van der Waals surface area contributed by atoms with Crippen LogP contribution in [0.15, 0.2) is 47.6 Å². The number of nitrogens with zero attached hydrogens (tertiary/aromatic N) is 1. The fourth-order valence-electron chi connectivity index (χ4n) is 2.55. The van der Waals surface area contributed by atoms with Crippen molar-refractivity contribution in [1.82, 2.24) is 5.43 Å². The van der Waals surface area contributed by atoms with E-state index in [1.807, 2.05) is 6.92 Å². The second kappa shape index (κ2) is 13.5. The summed E-state index contributed by atoms with van der Waals surface area (Å²) in [6, 6.07) is 10.3. The van der Waals surface area contributed by atoms with E-state index in [4.69, 9.17) is 14.2 Å². The first-order valence-electron chi connectivity index (χ1n) is 10.3. The Balaban J connectivity index is 1.83. The third-order valence-corrected chi connectivity index (χ3v) is 4.03. The molecule has 0 atom stereocenters. The third-order valence-electron chi connectivity index (χ3n) is 4.03. The number of hydrazone groups is 1. The second-order valence-corrected chi connectivity index (χ2v) is 6.58. The first-order chi connectivity index (χ1) is 15.9. The second-order valence-electron chi connectivity index (χ2n) is 6.58. The number of carbonyl (C=O) groups is 3. The van der Waals surface area contributed by atoms with E-state index >= 15 is 0 Å². The average Bonchev–Trinajstić information content (AvgIpc) is 2.79. The molecule has 2 rings (SSSR count). The fraction of sp³-hybridized carbons (Fsp3) is 0.304. The number of hydrogen-bond acceptors (Lipinski definition) is 7. The lowest BCUT2D eigenvalue weighted by Crippen LogP contribution is -2.20. The van der Waals surface area contributed by atoms with E-state index < -0.39 is 17.7 Å². The number of hydrogen-bond donors (Lipinski definition) is 2. The van der Waals surface area contributed by atoms with E-state index in [9.17, 15) is 18.8 Å². The molecule has 0 saturated carbocycles. The summed E-state index contributed by atoms with van der Waals surface area (Å²) < 4.78 is 28.7. The lowest BCUT2D eigenvalue weighted by atomic mass is 10.2. The van der Waals surface area contributed by atoms with Gasteiger partial charge in [0.1, 0.15) is 5.82 Å². The number of carbonyl (C=O) groups excluding carboxylic acids is 3. The summed E-state index contributed by atoms with van der Waals surface area (Å²) in [5.74, 6) is -0.926. The Kier molecular flexibility index (Phi) is 10.3. The summed E-state index contributed by atoms with van der Waals surface area (Å²) in [7, 11) is 0. The molecule has 9 nitrogen and oxygen atoms in total. The zero-order chi connectivity index (χ0) is 24.1. The van der Waals surface area contributed by atoms with Crippen LogP contribution < -0.4 is 20.2 Å². The van der Waals surface area contributed by atoms with Crippen molar-refractivity contribution in [1.29, 1.82) is 0 Å². The number of amides is 2. The maximum Gasteiger partial charge on any atom is 0.344 e. The molecular formula is C23H26FN3O6. The van der Waals surface area contributed by atoms with Crippen molar-refractivity contribution in [2.75, 3.05) is 25.1 Å². The van der Waals surface area contributed by atoms with E-state index in [1.165, 1.54) is 30.5 Å². The van der Waals surface area contributed by atoms with Crippen LogP contribution in [-0.2, 0) is 19.1 Å². The maximum absolute atomic E-state index is 12.9. The van der Waals surface area contributed by atoms with Gasteiger partial charge in [0.2, 0.25) is 11.8 Å². The highest BCUT2D eigenvalue weighted by atomic mass is 19.1. The molecule has 176 valence electrons. The molecule has 0 unspecified atom stereocenters. The zero-order valence-corrected chi connectivity index (χ0v) is 18.4. The van der Waals surface area contributed by atoms with Gasteiger partial charge in [-0.1, -0.05) is 0 Å². The molecule has 0 aromatic heterocycles. The number of anilines is 1. The summed E-state index contributed by atoms with van der Waals surface area (Å²) in [6.45, 7) is 3.92. The smallest absolute Gasteiger partial charge is 0.344 e. The van der Waals surface area contributed by atoms with Gasteiger partial charge >= 0.3 is 5.97 Å². The van der Waals surface area contributed by atoms with Crippen molar-refractivity contribution >= 4 is 29.7 Å². The van der Waals surface area contributed by atoms with E-state index in [1.54, 1.807) is 25.1 Å². The van der Waals surface area contributed by atoms with Gasteiger partial charge in [0.05, 0.1) is 19.4 Å². The molecule has 2 aromatic rings. The molecule has 2 N–H and O–H groups in total. The summed E-state index contributed by atoms with van der Waals surface area (Å²) in [6.07, 6.45) is 1.28. The molecule has 33 heavy (non-hydrogen) atoms. The summed E-state index contributed by atoms with van der Waals surface area (Å²) in [4.78, 5) is 35.3. The van der Waals surface area contributed by atoms with Crippen molar-refractivity contribution in [2.45, 2.75) is 26.7 Å². The minimum atomic E-state index is -0.486. The number of benzene rings is 2. The Labute approximate surface area is 190 Å². The van der Waals surface area contributed by atoms with Gasteiger partial charge in [-0.15, -0.1) is 0 Å². The summed E-state index contributed by atoms with van der Waals surface area (Å²) in [5, 5.41) is 6.45. The number of rotatable bonds is 12. The van der Waals surface area contributed by atoms with Crippen molar-refractivity contribution < 1.29 is 33.0 Å². The van der Waals surface area contributed by atoms with Crippen LogP contribution in [0.5, 0.6) is 11.5 Å². The van der Waals surface area contributed by atoms with E-state index in [0.29, 0.717) is 29.4 Å². The lowest BCUT2D eigenvalue weighted by Gasteiger charge is -2.12. The highest BCUT2D eigenvalue weighted by Crippen LogP contribution is 2.28. The van der Waals surface area contributed by atoms with Crippen LogP contribution in [0.25, 0.3) is 0 Å². The van der Waals surface area contributed by atoms with Crippen molar-refractivity contribution in [3.63, 3.8) is 0 Å². The van der Waals surface area contributed by atoms with Gasteiger partial charge in [-0.2, -0.15) is 5.10 Å². The van der Waals surface area contributed by atoms with Gasteiger partial charge in [-0.3, -0.25) is 9.59 Å². The van der Waals surface area contributed by atoms with Crippen molar-refractivity contribution in [3.05, 3.63) is 53.8 Å². The Morgan fingerprint density at radius 1 is 0.939 bits per heavy atom. The molecule has 0 spiro atoms. The minimum Gasteiger partial charge on any atom is -0.490 e. The predicted octanol–water partition coefficient (Wildman–Crippen LogP) is 3.04. The van der Waals surface area contributed by atoms with Gasteiger partial charge in [0.15, 0.2) is 18.1 Å². The zero-order valence-electron chi connectivity index (χ0n) is 18.4. The first-order valence-corrected chi connectivity index (χ1v) is 10.3. The predicted molar refractivity (Wildman–Crippen MR) is 120 cm³/mol. The molecule has 0 radical (unpaired) electrons. The van der Waals surface area contributed by atoms with Crippen LogP contribution in [0.4, 0.5) is 10.1 Å². The standard InChI is InChI=1S/C23H26FN3O6/c1-3-31-20-13-16(5-10-19(20)33-15-23(30)32-4-2)14-25-27-22(29)12-11-21(28)26-18-8-6-17(24)7-9-18/h5-10,13-14H,3-4,11-12,15H2,1-2H3,(H,26,28)(H,27,29). The lowest BCUT2D eigenvalue weighted by molar-refractivity contribution is -0.145. The molecule has 2 amide bonds. The van der Waals surface area contributed by atoms with Crippen LogP contribution >= 0.6 is 0 Å². The van der Waals surface area contributed by atoms with Gasteiger partial charge in [0.25, 0.3) is 0 Å². The van der Waals surface area contributed by atoms with Crippen LogP contribution in [0.2, 0.25) is 0 Å². The Bertz CT molecular complexity index is 979. The van der Waals surface area contributed by atoms with E-state index in [-0.39, 0.29) is 32.0 Å². The normalized spacial score (nSPS) is 10.5. The molecule has 0 aliphatic carbocycles. The van der Waals surface area contributed by atoms with E-state index in [2.05, 4.69) is 15.8 Å². The Hall–Kier alpha value is -3.95. The number of nitrogens with one attached hydrogen (secondary N) is 2. The molecule has 2 aromatic carbocycles. The molecule has 0 bridgehead atoms. The summed E-state index contributed by atoms with van der Waals surface area (Å²) >= 11 is 0. The number of halogens is 1.